The maximum Gasteiger partial charge on any atom is 0.220 e. The van der Waals surface area contributed by atoms with Crippen molar-refractivity contribution in [3.63, 3.8) is 0 Å². The van der Waals surface area contributed by atoms with E-state index in [0.29, 0.717) is 31.0 Å². The van der Waals surface area contributed by atoms with Gasteiger partial charge in [0.25, 0.3) is 0 Å². The number of hydrogen-bond acceptors (Lipinski definition) is 3. The van der Waals surface area contributed by atoms with Gasteiger partial charge in [-0.2, -0.15) is 0 Å². The summed E-state index contributed by atoms with van der Waals surface area (Å²) >= 11 is 3.43. The molecule has 0 radical (unpaired) electrons. The molecule has 2 saturated heterocycles. The number of rotatable bonds is 6. The first-order chi connectivity index (χ1) is 11.1. The lowest BCUT2D eigenvalue weighted by molar-refractivity contribution is -0.122. The summed E-state index contributed by atoms with van der Waals surface area (Å²) in [6.45, 7) is 2.52. The second-order valence-corrected chi connectivity index (χ2v) is 7.79. The van der Waals surface area contributed by atoms with Crippen molar-refractivity contribution in [1.29, 1.82) is 0 Å². The number of piperidine rings is 1. The minimum Gasteiger partial charge on any atom is -0.489 e. The van der Waals surface area contributed by atoms with Gasteiger partial charge in [-0.1, -0.05) is 22.0 Å². The Labute approximate surface area is 146 Å². The van der Waals surface area contributed by atoms with Crippen LogP contribution in [-0.4, -0.2) is 30.6 Å². The number of hydrogen-bond donors (Lipinski definition) is 2. The Bertz CT molecular complexity index is 540. The molecule has 3 rings (SSSR count). The van der Waals surface area contributed by atoms with Crippen LogP contribution in [0.2, 0.25) is 0 Å². The maximum atomic E-state index is 12.2. The molecular weight excluding hydrogens is 356 g/mol. The van der Waals surface area contributed by atoms with E-state index in [4.69, 9.17) is 4.74 Å². The number of halogens is 1. The smallest absolute Gasteiger partial charge is 0.220 e. The molecular formula is C18H25BrN2O2. The Kier molecular flexibility index (Phi) is 5.59. The highest BCUT2D eigenvalue weighted by molar-refractivity contribution is 9.10. The van der Waals surface area contributed by atoms with Gasteiger partial charge in [0.2, 0.25) is 5.91 Å². The fraction of sp³-hybridized carbons (Fsp3) is 0.611. The average Bonchev–Trinajstić information content (AvgIpc) is 2.84. The number of ether oxygens (including phenoxy) is 1. The minimum absolute atomic E-state index is 0.0440. The number of nitrogens with one attached hydrogen (secondary N) is 2. The molecule has 0 aromatic heterocycles. The SMILES string of the molecule is CC(CNC(=O)CC1CC2CCC(C1)N2)Oc1cccc(Br)c1. The first-order valence-electron chi connectivity index (χ1n) is 8.53. The van der Waals surface area contributed by atoms with Crippen LogP contribution in [0.5, 0.6) is 5.75 Å². The van der Waals surface area contributed by atoms with Crippen molar-refractivity contribution in [1.82, 2.24) is 10.6 Å². The molecule has 126 valence electrons. The quantitative estimate of drug-likeness (QED) is 0.796. The molecule has 2 N–H and O–H groups in total. The van der Waals surface area contributed by atoms with E-state index in [9.17, 15) is 4.79 Å². The Hall–Kier alpha value is -1.07. The molecule has 0 aliphatic carbocycles. The molecule has 2 bridgehead atoms. The molecule has 2 aliphatic rings. The Morgan fingerprint density at radius 3 is 2.83 bits per heavy atom. The largest absolute Gasteiger partial charge is 0.489 e. The zero-order valence-electron chi connectivity index (χ0n) is 13.6. The van der Waals surface area contributed by atoms with Gasteiger partial charge in [-0.15, -0.1) is 0 Å². The summed E-state index contributed by atoms with van der Waals surface area (Å²) in [4.78, 5) is 12.2. The van der Waals surface area contributed by atoms with Crippen molar-refractivity contribution < 1.29 is 9.53 Å². The summed E-state index contributed by atoms with van der Waals surface area (Å²) in [5.41, 5.74) is 0. The van der Waals surface area contributed by atoms with Gasteiger partial charge in [-0.05, 0) is 56.7 Å². The van der Waals surface area contributed by atoms with E-state index in [0.717, 1.165) is 23.1 Å². The topological polar surface area (TPSA) is 50.4 Å². The molecule has 2 heterocycles. The van der Waals surface area contributed by atoms with Crippen LogP contribution in [-0.2, 0) is 4.79 Å². The van der Waals surface area contributed by atoms with Crippen LogP contribution < -0.4 is 15.4 Å². The van der Waals surface area contributed by atoms with E-state index in [-0.39, 0.29) is 12.0 Å². The summed E-state index contributed by atoms with van der Waals surface area (Å²) in [5.74, 6) is 1.51. The van der Waals surface area contributed by atoms with Crippen LogP contribution in [0.3, 0.4) is 0 Å². The monoisotopic (exact) mass is 380 g/mol. The van der Waals surface area contributed by atoms with Crippen molar-refractivity contribution in [2.45, 2.75) is 57.2 Å². The molecule has 1 aromatic carbocycles. The van der Waals surface area contributed by atoms with Crippen molar-refractivity contribution in [2.24, 2.45) is 5.92 Å². The average molecular weight is 381 g/mol. The van der Waals surface area contributed by atoms with Crippen LogP contribution in [0.4, 0.5) is 0 Å². The number of carbonyl (C=O) groups excluding carboxylic acids is 1. The van der Waals surface area contributed by atoms with Crippen LogP contribution in [0.15, 0.2) is 28.7 Å². The Morgan fingerprint density at radius 1 is 1.39 bits per heavy atom. The predicted octanol–water partition coefficient (Wildman–Crippen LogP) is 3.25. The summed E-state index contributed by atoms with van der Waals surface area (Å²) in [7, 11) is 0. The standard InChI is InChI=1S/C18H25BrN2O2/c1-12(23-17-4-2-3-14(19)10-17)11-20-18(22)9-13-7-15-5-6-16(8-13)21-15/h2-4,10,12-13,15-16,21H,5-9,11H2,1H3,(H,20,22). The third kappa shape index (κ3) is 4.95. The lowest BCUT2D eigenvalue weighted by Gasteiger charge is -2.28. The zero-order chi connectivity index (χ0) is 16.2. The fourth-order valence-corrected chi connectivity index (χ4v) is 4.13. The van der Waals surface area contributed by atoms with Crippen LogP contribution in [0.1, 0.15) is 39.0 Å². The van der Waals surface area contributed by atoms with Gasteiger partial charge in [0.05, 0.1) is 6.54 Å². The molecule has 23 heavy (non-hydrogen) atoms. The number of benzene rings is 1. The van der Waals surface area contributed by atoms with E-state index in [2.05, 4.69) is 26.6 Å². The molecule has 0 spiro atoms. The van der Waals surface area contributed by atoms with E-state index in [1.54, 1.807) is 0 Å². The van der Waals surface area contributed by atoms with Crippen molar-refractivity contribution in [2.75, 3.05) is 6.54 Å². The summed E-state index contributed by atoms with van der Waals surface area (Å²) in [6.07, 6.45) is 5.46. The van der Waals surface area contributed by atoms with Crippen LogP contribution >= 0.6 is 15.9 Å². The summed E-state index contributed by atoms with van der Waals surface area (Å²) < 4.78 is 6.82. The van der Waals surface area contributed by atoms with Gasteiger partial charge < -0.3 is 15.4 Å². The minimum atomic E-state index is -0.0440. The van der Waals surface area contributed by atoms with E-state index in [1.807, 2.05) is 31.2 Å². The van der Waals surface area contributed by atoms with E-state index in [1.165, 1.54) is 12.8 Å². The second-order valence-electron chi connectivity index (χ2n) is 6.87. The molecule has 1 aromatic rings. The summed E-state index contributed by atoms with van der Waals surface area (Å²) in [6, 6.07) is 9.05. The van der Waals surface area contributed by atoms with E-state index >= 15 is 0 Å². The highest BCUT2D eigenvalue weighted by Crippen LogP contribution is 2.32. The molecule has 3 unspecified atom stereocenters. The third-order valence-corrected chi connectivity index (χ3v) is 5.26. The van der Waals surface area contributed by atoms with Crippen molar-refractivity contribution in [3.05, 3.63) is 28.7 Å². The van der Waals surface area contributed by atoms with Crippen molar-refractivity contribution in [3.8, 4) is 5.75 Å². The molecule has 0 saturated carbocycles. The molecule has 3 atom stereocenters. The van der Waals surface area contributed by atoms with E-state index < -0.39 is 0 Å². The van der Waals surface area contributed by atoms with Gasteiger partial charge in [0.1, 0.15) is 11.9 Å². The fourth-order valence-electron chi connectivity index (χ4n) is 3.75. The number of carbonyl (C=O) groups is 1. The highest BCUT2D eigenvalue weighted by Gasteiger charge is 2.34. The van der Waals surface area contributed by atoms with Gasteiger partial charge in [-0.3, -0.25) is 4.79 Å². The normalized spacial score (nSPS) is 27.5. The van der Waals surface area contributed by atoms with Gasteiger partial charge >= 0.3 is 0 Å². The number of fused-ring (bicyclic) bond motifs is 2. The first-order valence-corrected chi connectivity index (χ1v) is 9.33. The zero-order valence-corrected chi connectivity index (χ0v) is 15.1. The van der Waals surface area contributed by atoms with Crippen LogP contribution in [0.25, 0.3) is 0 Å². The highest BCUT2D eigenvalue weighted by atomic mass is 79.9. The number of amides is 1. The maximum absolute atomic E-state index is 12.2. The molecule has 1 amide bonds. The lowest BCUT2D eigenvalue weighted by Crippen LogP contribution is -2.40. The third-order valence-electron chi connectivity index (χ3n) is 4.76. The molecule has 2 aliphatic heterocycles. The second kappa shape index (κ2) is 7.67. The lowest BCUT2D eigenvalue weighted by atomic mass is 9.89. The Morgan fingerprint density at radius 2 is 2.13 bits per heavy atom. The van der Waals surface area contributed by atoms with Gasteiger partial charge in [0.15, 0.2) is 0 Å². The van der Waals surface area contributed by atoms with Crippen LogP contribution in [0, 0.1) is 5.92 Å². The van der Waals surface area contributed by atoms with Crippen molar-refractivity contribution >= 4 is 21.8 Å². The molecule has 2 fully saturated rings. The first kappa shape index (κ1) is 16.8. The molecule has 5 heteroatoms. The predicted molar refractivity (Wildman–Crippen MR) is 94.5 cm³/mol. The van der Waals surface area contributed by atoms with Gasteiger partial charge in [0, 0.05) is 23.0 Å². The Balaban J connectivity index is 1.38. The van der Waals surface area contributed by atoms with Gasteiger partial charge in [-0.25, -0.2) is 0 Å². The summed E-state index contributed by atoms with van der Waals surface area (Å²) in [5, 5.41) is 6.64. The molecule has 4 nitrogen and oxygen atoms in total.